The molecule has 84 valence electrons. The van der Waals surface area contributed by atoms with Crippen molar-refractivity contribution in [3.8, 4) is 0 Å². The second-order valence-electron chi connectivity index (χ2n) is 4.53. The van der Waals surface area contributed by atoms with Crippen molar-refractivity contribution in [2.24, 2.45) is 17.8 Å². The first kappa shape index (κ1) is 12.3. The van der Waals surface area contributed by atoms with Gasteiger partial charge in [0, 0.05) is 6.61 Å². The van der Waals surface area contributed by atoms with Crippen LogP contribution < -0.4 is 0 Å². The predicted molar refractivity (Wildman–Crippen MR) is 65.6 cm³/mol. The molecule has 1 rings (SSSR count). The van der Waals surface area contributed by atoms with Crippen LogP contribution in [-0.4, -0.2) is 11.7 Å². The molecule has 1 aliphatic carbocycles. The number of rotatable bonds is 4. The highest BCUT2D eigenvalue weighted by atomic mass is 16.3. The molecule has 0 aliphatic heterocycles. The van der Waals surface area contributed by atoms with E-state index in [1.165, 1.54) is 12.8 Å². The van der Waals surface area contributed by atoms with Gasteiger partial charge < -0.3 is 5.11 Å². The summed E-state index contributed by atoms with van der Waals surface area (Å²) < 4.78 is 0. The van der Waals surface area contributed by atoms with Crippen molar-refractivity contribution in [2.45, 2.75) is 26.2 Å². The van der Waals surface area contributed by atoms with E-state index in [1.54, 1.807) is 6.08 Å². The molecule has 0 bridgehead atoms. The quantitative estimate of drug-likeness (QED) is 0.699. The lowest BCUT2D eigenvalue weighted by atomic mass is 9.75. The molecule has 1 heteroatoms. The number of allylic oxidation sites excluding steroid dienone is 5. The van der Waals surface area contributed by atoms with Gasteiger partial charge in [-0.05, 0) is 30.6 Å². The molecular weight excluding hydrogens is 184 g/mol. The molecule has 3 atom stereocenters. The molecule has 0 aromatic carbocycles. The predicted octanol–water partition coefficient (Wildman–Crippen LogP) is 3.33. The van der Waals surface area contributed by atoms with Crippen LogP contribution in [0.15, 0.2) is 37.0 Å². The van der Waals surface area contributed by atoms with E-state index >= 15 is 0 Å². The Hall–Kier alpha value is -0.820. The van der Waals surface area contributed by atoms with E-state index in [1.807, 2.05) is 12.2 Å². The highest BCUT2D eigenvalue weighted by molar-refractivity contribution is 5.10. The maximum Gasteiger partial charge on any atom is 0.0464 e. The monoisotopic (exact) mass is 206 g/mol. The molecule has 0 aromatic rings. The zero-order chi connectivity index (χ0) is 11.1. The molecule has 0 spiro atoms. The lowest BCUT2D eigenvalue weighted by Gasteiger charge is -2.31. The lowest BCUT2D eigenvalue weighted by Crippen LogP contribution is -2.24. The molecule has 1 saturated carbocycles. The Balaban J connectivity index is 2.51. The first-order valence-corrected chi connectivity index (χ1v) is 5.84. The van der Waals surface area contributed by atoms with Gasteiger partial charge in [-0.1, -0.05) is 50.3 Å². The summed E-state index contributed by atoms with van der Waals surface area (Å²) in [5, 5.41) is 9.28. The minimum Gasteiger partial charge on any atom is -0.396 e. The van der Waals surface area contributed by atoms with Crippen molar-refractivity contribution < 1.29 is 5.11 Å². The first-order valence-electron chi connectivity index (χ1n) is 5.84. The van der Waals surface area contributed by atoms with E-state index < -0.39 is 0 Å². The Morgan fingerprint density at radius 2 is 2.07 bits per heavy atom. The van der Waals surface area contributed by atoms with Crippen molar-refractivity contribution in [3.05, 3.63) is 37.0 Å². The molecule has 1 aliphatic rings. The summed E-state index contributed by atoms with van der Waals surface area (Å²) in [6.45, 7) is 6.25. The molecular formula is C14H22O. The first-order chi connectivity index (χ1) is 7.27. The van der Waals surface area contributed by atoms with Gasteiger partial charge in [-0.3, -0.25) is 0 Å². The molecule has 0 amide bonds. The van der Waals surface area contributed by atoms with Gasteiger partial charge in [0.2, 0.25) is 0 Å². The van der Waals surface area contributed by atoms with Crippen LogP contribution in [0.1, 0.15) is 26.2 Å². The Bertz CT molecular complexity index is 240. The number of aliphatic hydroxyl groups is 1. The second kappa shape index (κ2) is 6.62. The van der Waals surface area contributed by atoms with Crippen molar-refractivity contribution in [1.82, 2.24) is 0 Å². The van der Waals surface area contributed by atoms with E-state index in [0.717, 1.165) is 12.3 Å². The molecule has 1 nitrogen and oxygen atoms in total. The summed E-state index contributed by atoms with van der Waals surface area (Å²) in [6.07, 6.45) is 13.7. The zero-order valence-electron chi connectivity index (χ0n) is 9.60. The summed E-state index contributed by atoms with van der Waals surface area (Å²) in [5.74, 6) is 1.81. The minimum atomic E-state index is 0.326. The molecule has 0 heterocycles. The average molecular weight is 206 g/mol. The van der Waals surface area contributed by atoms with Gasteiger partial charge in [0.1, 0.15) is 0 Å². The van der Waals surface area contributed by atoms with Gasteiger partial charge in [0.25, 0.3) is 0 Å². The lowest BCUT2D eigenvalue weighted by molar-refractivity contribution is 0.136. The molecule has 15 heavy (non-hydrogen) atoms. The van der Waals surface area contributed by atoms with Crippen LogP contribution in [0.4, 0.5) is 0 Å². The highest BCUT2D eigenvalue weighted by Gasteiger charge is 2.25. The van der Waals surface area contributed by atoms with Crippen molar-refractivity contribution >= 4 is 0 Å². The van der Waals surface area contributed by atoms with Crippen LogP contribution in [-0.2, 0) is 0 Å². The number of aliphatic hydroxyl groups excluding tert-OH is 1. The Morgan fingerprint density at radius 1 is 1.27 bits per heavy atom. The van der Waals surface area contributed by atoms with E-state index in [9.17, 15) is 5.11 Å². The number of hydrogen-bond acceptors (Lipinski definition) is 1. The maximum absolute atomic E-state index is 9.28. The van der Waals surface area contributed by atoms with Crippen LogP contribution in [0.5, 0.6) is 0 Å². The molecule has 0 saturated heterocycles. The zero-order valence-corrected chi connectivity index (χ0v) is 9.60. The van der Waals surface area contributed by atoms with Gasteiger partial charge in [-0.25, -0.2) is 0 Å². The van der Waals surface area contributed by atoms with Crippen molar-refractivity contribution in [3.63, 3.8) is 0 Å². The fourth-order valence-corrected chi connectivity index (χ4v) is 2.30. The van der Waals surface area contributed by atoms with Gasteiger partial charge in [-0.2, -0.15) is 0 Å². The average Bonchev–Trinajstić information content (AvgIpc) is 2.25. The normalized spacial score (nSPS) is 32.5. The number of hydrogen-bond donors (Lipinski definition) is 1. The second-order valence-corrected chi connectivity index (χ2v) is 4.53. The Kier molecular flexibility index (Phi) is 5.41. The van der Waals surface area contributed by atoms with Crippen LogP contribution in [0.25, 0.3) is 0 Å². The standard InChI is InChI=1S/C14H22O/c1-3-4-5-6-7-13-10-12(2)8-9-14(13)11-15/h3-7,12-15H,1,8-11H2,2H3/b5-4+,7-6+/t12-,13-,14-/m1/s1. The fourth-order valence-electron chi connectivity index (χ4n) is 2.30. The van der Waals surface area contributed by atoms with E-state index in [2.05, 4.69) is 25.7 Å². The fraction of sp³-hybridized carbons (Fsp3) is 0.571. The van der Waals surface area contributed by atoms with Gasteiger partial charge in [0.15, 0.2) is 0 Å². The summed E-state index contributed by atoms with van der Waals surface area (Å²) >= 11 is 0. The van der Waals surface area contributed by atoms with Gasteiger partial charge in [-0.15, -0.1) is 0 Å². The molecule has 1 N–H and O–H groups in total. The van der Waals surface area contributed by atoms with E-state index in [-0.39, 0.29) is 0 Å². The van der Waals surface area contributed by atoms with Gasteiger partial charge in [0.05, 0.1) is 0 Å². The summed E-state index contributed by atoms with van der Waals surface area (Å²) in [6, 6.07) is 0. The molecule has 1 fully saturated rings. The maximum atomic E-state index is 9.28. The Morgan fingerprint density at radius 3 is 2.73 bits per heavy atom. The summed E-state index contributed by atoms with van der Waals surface area (Å²) in [7, 11) is 0. The van der Waals surface area contributed by atoms with Crippen LogP contribution in [0.2, 0.25) is 0 Å². The van der Waals surface area contributed by atoms with Crippen LogP contribution in [0.3, 0.4) is 0 Å². The highest BCUT2D eigenvalue weighted by Crippen LogP contribution is 2.34. The van der Waals surface area contributed by atoms with Crippen molar-refractivity contribution in [2.75, 3.05) is 6.61 Å². The molecule has 0 unspecified atom stereocenters. The summed E-state index contributed by atoms with van der Waals surface area (Å²) in [5.41, 5.74) is 0. The molecule has 0 radical (unpaired) electrons. The third-order valence-electron chi connectivity index (χ3n) is 3.26. The van der Waals surface area contributed by atoms with E-state index in [4.69, 9.17) is 0 Å². The van der Waals surface area contributed by atoms with Crippen LogP contribution >= 0.6 is 0 Å². The van der Waals surface area contributed by atoms with Crippen molar-refractivity contribution in [1.29, 1.82) is 0 Å². The molecule has 0 aromatic heterocycles. The SMILES string of the molecule is C=C/C=C/C=C/[C@@H]1C[C@H](C)CC[C@@H]1CO. The summed E-state index contributed by atoms with van der Waals surface area (Å²) in [4.78, 5) is 0. The van der Waals surface area contributed by atoms with Crippen LogP contribution in [0, 0.1) is 17.8 Å². The smallest absolute Gasteiger partial charge is 0.0464 e. The van der Waals surface area contributed by atoms with Gasteiger partial charge >= 0.3 is 0 Å². The van der Waals surface area contributed by atoms with E-state index in [0.29, 0.717) is 18.4 Å². The Labute approximate surface area is 93.2 Å². The topological polar surface area (TPSA) is 20.2 Å². The minimum absolute atomic E-state index is 0.326. The largest absolute Gasteiger partial charge is 0.396 e. The third-order valence-corrected chi connectivity index (χ3v) is 3.26. The third kappa shape index (κ3) is 4.05.